The van der Waals surface area contributed by atoms with Crippen LogP contribution in [0.3, 0.4) is 0 Å². The molecule has 0 unspecified atom stereocenters. The van der Waals surface area contributed by atoms with E-state index in [1.807, 2.05) is 6.92 Å². The van der Waals surface area contributed by atoms with Gasteiger partial charge in [0.05, 0.1) is 26.3 Å². The van der Waals surface area contributed by atoms with Crippen molar-refractivity contribution in [3.8, 4) is 5.75 Å². The molecule has 2 N–H and O–H groups in total. The summed E-state index contributed by atoms with van der Waals surface area (Å²) < 4.78 is 36.9. The minimum absolute atomic E-state index is 0. The molecule has 0 amide bonds. The number of halogens is 3. The molecule has 26 heavy (non-hydrogen) atoms. The summed E-state index contributed by atoms with van der Waals surface area (Å²) in [5.41, 5.74) is 0. The second-order valence-electron chi connectivity index (χ2n) is 5.56. The summed E-state index contributed by atoms with van der Waals surface area (Å²) in [6, 6.07) is 3.26. The number of hydrogen-bond donors (Lipinski definition) is 2. The highest BCUT2D eigenvalue weighted by atomic mass is 127. The van der Waals surface area contributed by atoms with Gasteiger partial charge in [0.25, 0.3) is 0 Å². The molecule has 1 fully saturated rings. The van der Waals surface area contributed by atoms with E-state index in [0.717, 1.165) is 45.5 Å². The van der Waals surface area contributed by atoms with E-state index in [1.165, 1.54) is 12.1 Å². The molecule has 0 bridgehead atoms. The Morgan fingerprint density at radius 3 is 2.73 bits per heavy atom. The lowest BCUT2D eigenvalue weighted by Crippen LogP contribution is -2.41. The standard InChI is InChI=1S/C17H26F2N4O2.HI/c1-2-20-17(21-5-7-23-8-11-24-12-9-23)22-6-10-25-16-4-3-14(18)13-15(16)19;/h3-4,13H,2,5-12H2,1H3,(H2,20,21,22);1H. The zero-order chi connectivity index (χ0) is 17.9. The molecule has 148 valence electrons. The smallest absolute Gasteiger partial charge is 0.191 e. The molecule has 9 heteroatoms. The van der Waals surface area contributed by atoms with Crippen molar-refractivity contribution in [2.75, 3.05) is 59.1 Å². The van der Waals surface area contributed by atoms with E-state index in [-0.39, 0.29) is 36.3 Å². The highest BCUT2D eigenvalue weighted by Gasteiger charge is 2.09. The Labute approximate surface area is 170 Å². The Balaban J connectivity index is 0.00000338. The molecule has 1 aliphatic heterocycles. The SMILES string of the molecule is CCNC(=NCCN1CCOCC1)NCCOc1ccc(F)cc1F.I. The maximum Gasteiger partial charge on any atom is 0.191 e. The van der Waals surface area contributed by atoms with Crippen LogP contribution in [0.4, 0.5) is 8.78 Å². The molecule has 1 heterocycles. The molecule has 1 aromatic carbocycles. The van der Waals surface area contributed by atoms with Crippen LogP contribution < -0.4 is 15.4 Å². The topological polar surface area (TPSA) is 58.1 Å². The van der Waals surface area contributed by atoms with E-state index in [9.17, 15) is 8.78 Å². The molecule has 1 aromatic rings. The molecule has 0 spiro atoms. The average Bonchev–Trinajstić information content (AvgIpc) is 2.61. The van der Waals surface area contributed by atoms with Crippen molar-refractivity contribution in [2.24, 2.45) is 4.99 Å². The van der Waals surface area contributed by atoms with E-state index >= 15 is 0 Å². The first-order valence-electron chi connectivity index (χ1n) is 8.59. The minimum Gasteiger partial charge on any atom is -0.489 e. The van der Waals surface area contributed by atoms with Crippen LogP contribution in [0.5, 0.6) is 5.75 Å². The number of guanidine groups is 1. The van der Waals surface area contributed by atoms with Gasteiger partial charge in [0, 0.05) is 32.2 Å². The van der Waals surface area contributed by atoms with Crippen LogP contribution in [0, 0.1) is 11.6 Å². The zero-order valence-electron chi connectivity index (χ0n) is 15.0. The van der Waals surface area contributed by atoms with Crippen LogP contribution in [-0.2, 0) is 4.74 Å². The molecule has 2 rings (SSSR count). The Bertz CT molecular complexity index is 558. The van der Waals surface area contributed by atoms with Gasteiger partial charge in [0.2, 0.25) is 0 Å². The van der Waals surface area contributed by atoms with Gasteiger partial charge in [-0.25, -0.2) is 8.78 Å². The summed E-state index contributed by atoms with van der Waals surface area (Å²) in [6.45, 7) is 8.45. The van der Waals surface area contributed by atoms with Crippen LogP contribution in [0.15, 0.2) is 23.2 Å². The fraction of sp³-hybridized carbons (Fsp3) is 0.588. The Morgan fingerprint density at radius 1 is 1.27 bits per heavy atom. The van der Waals surface area contributed by atoms with Crippen molar-refractivity contribution in [2.45, 2.75) is 6.92 Å². The quantitative estimate of drug-likeness (QED) is 0.256. The first-order chi connectivity index (χ1) is 12.2. The fourth-order valence-electron chi connectivity index (χ4n) is 2.39. The van der Waals surface area contributed by atoms with Gasteiger partial charge in [-0.2, -0.15) is 0 Å². The van der Waals surface area contributed by atoms with Gasteiger partial charge in [0.15, 0.2) is 17.5 Å². The maximum absolute atomic E-state index is 13.5. The number of aliphatic imine (C=N–C) groups is 1. The lowest BCUT2D eigenvalue weighted by Gasteiger charge is -2.25. The van der Waals surface area contributed by atoms with Crippen LogP contribution in [0.25, 0.3) is 0 Å². The molecule has 1 saturated heterocycles. The first-order valence-corrected chi connectivity index (χ1v) is 8.59. The predicted molar refractivity (Wildman–Crippen MR) is 109 cm³/mol. The van der Waals surface area contributed by atoms with Crippen LogP contribution in [0.1, 0.15) is 6.92 Å². The number of rotatable bonds is 8. The van der Waals surface area contributed by atoms with Gasteiger partial charge in [0.1, 0.15) is 12.4 Å². The van der Waals surface area contributed by atoms with Gasteiger partial charge in [-0.05, 0) is 19.1 Å². The predicted octanol–water partition coefficient (Wildman–Crippen LogP) is 1.85. The number of benzene rings is 1. The molecular weight excluding hydrogens is 457 g/mol. The molecule has 0 aromatic heterocycles. The molecule has 6 nitrogen and oxygen atoms in total. The summed E-state index contributed by atoms with van der Waals surface area (Å²) in [4.78, 5) is 6.83. The minimum atomic E-state index is -0.703. The third kappa shape index (κ3) is 8.45. The monoisotopic (exact) mass is 484 g/mol. The number of ether oxygens (including phenoxy) is 2. The third-order valence-corrected chi connectivity index (χ3v) is 3.68. The first kappa shape index (κ1) is 22.8. The van der Waals surface area contributed by atoms with Gasteiger partial charge in [-0.15, -0.1) is 24.0 Å². The number of hydrogen-bond acceptors (Lipinski definition) is 4. The van der Waals surface area contributed by atoms with E-state index in [2.05, 4.69) is 20.5 Å². The van der Waals surface area contributed by atoms with Crippen molar-refractivity contribution in [3.63, 3.8) is 0 Å². The normalized spacial score (nSPS) is 15.3. The highest BCUT2D eigenvalue weighted by molar-refractivity contribution is 14.0. The summed E-state index contributed by atoms with van der Waals surface area (Å²) in [7, 11) is 0. The van der Waals surface area contributed by atoms with Crippen LogP contribution in [-0.4, -0.2) is 69.9 Å². The maximum atomic E-state index is 13.5. The lowest BCUT2D eigenvalue weighted by atomic mass is 10.3. The summed E-state index contributed by atoms with van der Waals surface area (Å²) in [5, 5.41) is 6.29. The Hall–Kier alpha value is -1.20. The summed E-state index contributed by atoms with van der Waals surface area (Å²) in [5.74, 6) is -0.590. The zero-order valence-corrected chi connectivity index (χ0v) is 17.3. The van der Waals surface area contributed by atoms with Crippen molar-refractivity contribution < 1.29 is 18.3 Å². The Morgan fingerprint density at radius 2 is 2.04 bits per heavy atom. The average molecular weight is 484 g/mol. The summed E-state index contributed by atoms with van der Waals surface area (Å²) >= 11 is 0. The van der Waals surface area contributed by atoms with Crippen molar-refractivity contribution >= 4 is 29.9 Å². The molecular formula is C17H27F2IN4O2. The Kier molecular flexibility index (Phi) is 11.5. The third-order valence-electron chi connectivity index (χ3n) is 3.68. The number of nitrogens with one attached hydrogen (secondary N) is 2. The molecule has 1 aliphatic rings. The largest absolute Gasteiger partial charge is 0.489 e. The fourth-order valence-corrected chi connectivity index (χ4v) is 2.39. The van der Waals surface area contributed by atoms with Crippen LogP contribution in [0.2, 0.25) is 0 Å². The van der Waals surface area contributed by atoms with Gasteiger partial charge < -0.3 is 20.1 Å². The highest BCUT2D eigenvalue weighted by Crippen LogP contribution is 2.17. The molecule has 0 aliphatic carbocycles. The van der Waals surface area contributed by atoms with Crippen molar-refractivity contribution in [1.29, 1.82) is 0 Å². The van der Waals surface area contributed by atoms with E-state index < -0.39 is 11.6 Å². The number of nitrogens with zero attached hydrogens (tertiary/aromatic N) is 2. The summed E-state index contributed by atoms with van der Waals surface area (Å²) in [6.07, 6.45) is 0. The molecule has 0 radical (unpaired) electrons. The van der Waals surface area contributed by atoms with Gasteiger partial charge >= 0.3 is 0 Å². The van der Waals surface area contributed by atoms with E-state index in [4.69, 9.17) is 9.47 Å². The number of morpholine rings is 1. The van der Waals surface area contributed by atoms with E-state index in [0.29, 0.717) is 19.0 Å². The lowest BCUT2D eigenvalue weighted by molar-refractivity contribution is 0.0394. The van der Waals surface area contributed by atoms with Crippen molar-refractivity contribution in [3.05, 3.63) is 29.8 Å². The molecule has 0 atom stereocenters. The van der Waals surface area contributed by atoms with E-state index in [1.54, 1.807) is 0 Å². The van der Waals surface area contributed by atoms with Crippen LogP contribution >= 0.6 is 24.0 Å². The van der Waals surface area contributed by atoms with Gasteiger partial charge in [-0.3, -0.25) is 9.89 Å². The second kappa shape index (κ2) is 13.0. The van der Waals surface area contributed by atoms with Crippen molar-refractivity contribution in [1.82, 2.24) is 15.5 Å². The molecule has 0 saturated carbocycles. The second-order valence-corrected chi connectivity index (χ2v) is 5.56. The van der Waals surface area contributed by atoms with Gasteiger partial charge in [-0.1, -0.05) is 0 Å².